The highest BCUT2D eigenvalue weighted by Gasteiger charge is 2.18. The van der Waals surface area contributed by atoms with Gasteiger partial charge in [-0.05, 0) is 62.9 Å². The average molecular weight is 254 g/mol. The molecule has 1 nitrogen and oxygen atoms in total. The molecule has 2 aromatic rings. The van der Waals surface area contributed by atoms with E-state index in [9.17, 15) is 0 Å². The topological polar surface area (TPSA) is 3.88 Å². The number of benzene rings is 1. The Labute approximate surface area is 116 Å². The van der Waals surface area contributed by atoms with Gasteiger partial charge in [0.05, 0.1) is 0 Å². The number of rotatable bonds is 1. The zero-order chi connectivity index (χ0) is 14.3. The van der Waals surface area contributed by atoms with Gasteiger partial charge in [0.2, 0.25) is 5.69 Å². The summed E-state index contributed by atoms with van der Waals surface area (Å²) in [5.41, 5.74) is 10.9. The van der Waals surface area contributed by atoms with Crippen LogP contribution in [0.5, 0.6) is 0 Å². The second kappa shape index (κ2) is 4.80. The highest BCUT2D eigenvalue weighted by molar-refractivity contribution is 5.64. The summed E-state index contributed by atoms with van der Waals surface area (Å²) >= 11 is 0. The maximum absolute atomic E-state index is 2.30. The van der Waals surface area contributed by atoms with Crippen molar-refractivity contribution in [3.05, 3.63) is 51.7 Å². The predicted molar refractivity (Wildman–Crippen MR) is 81.5 cm³/mol. The highest BCUT2D eigenvalue weighted by atomic mass is 14.9. The molecule has 0 aliphatic rings. The van der Waals surface area contributed by atoms with E-state index in [1.54, 1.807) is 0 Å². The van der Waals surface area contributed by atoms with E-state index in [1.807, 2.05) is 0 Å². The first-order chi connectivity index (χ1) is 8.84. The first-order valence-corrected chi connectivity index (χ1v) is 6.88. The largest absolute Gasteiger partial charge is 0.213 e. The average Bonchev–Trinajstić information content (AvgIpc) is 2.39. The molecule has 1 heterocycles. The fourth-order valence-corrected chi connectivity index (χ4v) is 2.62. The van der Waals surface area contributed by atoms with E-state index >= 15 is 0 Å². The molecule has 1 heteroatoms. The molecule has 0 bridgehead atoms. The number of aryl methyl sites for hydroxylation is 2. The first-order valence-electron chi connectivity index (χ1n) is 6.88. The molecule has 19 heavy (non-hydrogen) atoms. The third-order valence-corrected chi connectivity index (χ3v) is 4.69. The number of hydrogen-bond acceptors (Lipinski definition) is 0. The molecule has 1 aromatic carbocycles. The SMILES string of the molecule is Cc1ccc(-c2cc(C)c(C)c(C)[n+]2C)c(C)c1C. The molecule has 0 aliphatic heterocycles. The standard InChI is InChI=1S/C18H24N/c1-11-8-9-17(15(5)13(11)3)18-10-12(2)14(4)16(6)19(18)7/h8-10H,1-7H3/q+1. The number of nitrogens with zero attached hydrogens (tertiary/aromatic N) is 1. The van der Waals surface area contributed by atoms with Crippen molar-refractivity contribution in [1.82, 2.24) is 0 Å². The molecule has 0 fully saturated rings. The highest BCUT2D eigenvalue weighted by Crippen LogP contribution is 2.26. The van der Waals surface area contributed by atoms with Crippen LogP contribution in [-0.4, -0.2) is 0 Å². The minimum Gasteiger partial charge on any atom is -0.198 e. The van der Waals surface area contributed by atoms with Crippen LogP contribution < -0.4 is 4.57 Å². The summed E-state index contributed by atoms with van der Waals surface area (Å²) in [5, 5.41) is 0. The summed E-state index contributed by atoms with van der Waals surface area (Å²) in [7, 11) is 2.16. The third kappa shape index (κ3) is 2.18. The molecular formula is C18H24N+. The van der Waals surface area contributed by atoms with Crippen LogP contribution in [0.4, 0.5) is 0 Å². The Kier molecular flexibility index (Phi) is 3.49. The van der Waals surface area contributed by atoms with Crippen LogP contribution in [0.1, 0.15) is 33.5 Å². The Morgan fingerprint density at radius 2 is 1.37 bits per heavy atom. The van der Waals surface area contributed by atoms with Gasteiger partial charge in [-0.1, -0.05) is 6.07 Å². The molecule has 0 radical (unpaired) electrons. The fourth-order valence-electron chi connectivity index (χ4n) is 2.62. The predicted octanol–water partition coefficient (Wildman–Crippen LogP) is 4.03. The van der Waals surface area contributed by atoms with E-state index in [0.717, 1.165) is 0 Å². The summed E-state index contributed by atoms with van der Waals surface area (Å²) < 4.78 is 2.30. The first kappa shape index (κ1) is 13.8. The Bertz CT molecular complexity index is 651. The summed E-state index contributed by atoms with van der Waals surface area (Å²) in [6.45, 7) is 13.2. The molecule has 0 saturated heterocycles. The van der Waals surface area contributed by atoms with Crippen molar-refractivity contribution >= 4 is 0 Å². The van der Waals surface area contributed by atoms with E-state index in [2.05, 4.69) is 71.4 Å². The zero-order valence-electron chi connectivity index (χ0n) is 13.2. The van der Waals surface area contributed by atoms with Crippen molar-refractivity contribution < 1.29 is 4.57 Å². The lowest BCUT2D eigenvalue weighted by molar-refractivity contribution is -0.667. The summed E-state index contributed by atoms with van der Waals surface area (Å²) in [5.74, 6) is 0. The summed E-state index contributed by atoms with van der Waals surface area (Å²) in [4.78, 5) is 0. The van der Waals surface area contributed by atoms with Gasteiger partial charge in [-0.15, -0.1) is 0 Å². The van der Waals surface area contributed by atoms with Crippen molar-refractivity contribution in [3.8, 4) is 11.3 Å². The van der Waals surface area contributed by atoms with Crippen molar-refractivity contribution in [2.75, 3.05) is 0 Å². The smallest absolute Gasteiger partial charge is 0.198 e. The quantitative estimate of drug-likeness (QED) is 0.677. The van der Waals surface area contributed by atoms with Crippen LogP contribution in [0, 0.1) is 41.5 Å². The molecule has 0 atom stereocenters. The van der Waals surface area contributed by atoms with E-state index in [0.29, 0.717) is 0 Å². The minimum atomic E-state index is 1.31. The maximum Gasteiger partial charge on any atom is 0.213 e. The van der Waals surface area contributed by atoms with Gasteiger partial charge in [-0.3, -0.25) is 0 Å². The molecule has 100 valence electrons. The monoisotopic (exact) mass is 254 g/mol. The van der Waals surface area contributed by atoms with Crippen LogP contribution in [0.15, 0.2) is 18.2 Å². The Morgan fingerprint density at radius 3 is 2.00 bits per heavy atom. The molecule has 0 saturated carbocycles. The van der Waals surface area contributed by atoms with Crippen LogP contribution in [-0.2, 0) is 7.05 Å². The number of pyridine rings is 1. The molecule has 0 amide bonds. The Balaban J connectivity index is 2.77. The number of aromatic nitrogens is 1. The number of hydrogen-bond donors (Lipinski definition) is 0. The van der Waals surface area contributed by atoms with Gasteiger partial charge in [-0.25, -0.2) is 0 Å². The molecule has 0 N–H and O–H groups in total. The lowest BCUT2D eigenvalue weighted by atomic mass is 9.95. The molecule has 0 aliphatic carbocycles. The van der Waals surface area contributed by atoms with Crippen LogP contribution in [0.25, 0.3) is 11.3 Å². The molecular weight excluding hydrogens is 230 g/mol. The molecule has 0 spiro atoms. The van der Waals surface area contributed by atoms with Gasteiger partial charge in [0, 0.05) is 24.1 Å². The van der Waals surface area contributed by atoms with Gasteiger partial charge >= 0.3 is 0 Å². The van der Waals surface area contributed by atoms with Crippen molar-refractivity contribution in [2.24, 2.45) is 7.05 Å². The lowest BCUT2D eigenvalue weighted by Gasteiger charge is -2.12. The zero-order valence-corrected chi connectivity index (χ0v) is 13.2. The Hall–Kier alpha value is -1.63. The third-order valence-electron chi connectivity index (χ3n) is 4.69. The van der Waals surface area contributed by atoms with Crippen molar-refractivity contribution in [1.29, 1.82) is 0 Å². The second-order valence-electron chi connectivity index (χ2n) is 5.66. The maximum atomic E-state index is 2.30. The van der Waals surface area contributed by atoms with Crippen LogP contribution in [0.3, 0.4) is 0 Å². The van der Waals surface area contributed by atoms with Gasteiger partial charge in [0.1, 0.15) is 7.05 Å². The summed E-state index contributed by atoms with van der Waals surface area (Å²) in [6.07, 6.45) is 0. The minimum absolute atomic E-state index is 1.31. The van der Waals surface area contributed by atoms with Crippen LogP contribution >= 0.6 is 0 Å². The van der Waals surface area contributed by atoms with Crippen molar-refractivity contribution in [2.45, 2.75) is 41.5 Å². The lowest BCUT2D eigenvalue weighted by Crippen LogP contribution is -2.36. The fraction of sp³-hybridized carbons (Fsp3) is 0.389. The second-order valence-corrected chi connectivity index (χ2v) is 5.66. The van der Waals surface area contributed by atoms with Crippen molar-refractivity contribution in [3.63, 3.8) is 0 Å². The van der Waals surface area contributed by atoms with Gasteiger partial charge in [-0.2, -0.15) is 4.57 Å². The molecule has 0 unspecified atom stereocenters. The van der Waals surface area contributed by atoms with E-state index < -0.39 is 0 Å². The van der Waals surface area contributed by atoms with Crippen LogP contribution in [0.2, 0.25) is 0 Å². The molecule has 1 aromatic heterocycles. The normalized spacial score (nSPS) is 10.9. The molecule has 2 rings (SSSR count). The summed E-state index contributed by atoms with van der Waals surface area (Å²) in [6, 6.07) is 6.78. The van der Waals surface area contributed by atoms with E-state index in [1.165, 1.54) is 44.8 Å². The van der Waals surface area contributed by atoms with Gasteiger partial charge < -0.3 is 0 Å². The van der Waals surface area contributed by atoms with E-state index in [4.69, 9.17) is 0 Å². The van der Waals surface area contributed by atoms with Gasteiger partial charge in [0.25, 0.3) is 0 Å². The van der Waals surface area contributed by atoms with E-state index in [-0.39, 0.29) is 0 Å². The Morgan fingerprint density at radius 1 is 0.737 bits per heavy atom. The van der Waals surface area contributed by atoms with Gasteiger partial charge in [0.15, 0.2) is 5.69 Å².